The van der Waals surface area contributed by atoms with Gasteiger partial charge in [0.15, 0.2) is 0 Å². The summed E-state index contributed by atoms with van der Waals surface area (Å²) >= 11 is 3.56. The van der Waals surface area contributed by atoms with Crippen LogP contribution in [0.5, 0.6) is 0 Å². The van der Waals surface area contributed by atoms with Gasteiger partial charge in [0, 0.05) is 11.9 Å². The predicted molar refractivity (Wildman–Crippen MR) is 49.7 cm³/mol. The molecule has 2 unspecified atom stereocenters. The van der Waals surface area contributed by atoms with Crippen LogP contribution in [0.2, 0.25) is 0 Å². The zero-order valence-corrected chi connectivity index (χ0v) is 7.82. The number of hydrogen-bond donors (Lipinski definition) is 0. The van der Waals surface area contributed by atoms with E-state index in [-0.39, 0.29) is 11.1 Å². The number of fused-ring (bicyclic) bond motifs is 1. The maximum Gasteiger partial charge on any atom is 0.141 e. The minimum Gasteiger partial charge on any atom is -0.335 e. The van der Waals surface area contributed by atoms with E-state index < -0.39 is 0 Å². The first-order chi connectivity index (χ1) is 5.29. The fraction of sp³-hybridized carbons (Fsp3) is 0.375. The fourth-order valence-electron chi connectivity index (χ4n) is 1.31. The number of aliphatic imine (C=N–C) groups is 1. The van der Waals surface area contributed by atoms with Crippen molar-refractivity contribution in [3.8, 4) is 0 Å². The van der Waals surface area contributed by atoms with Crippen molar-refractivity contribution in [3.63, 3.8) is 0 Å². The second kappa shape index (κ2) is 2.48. The Hall–Kier alpha value is -0.570. The summed E-state index contributed by atoms with van der Waals surface area (Å²) in [5, 5.41) is 0. The van der Waals surface area contributed by atoms with Crippen molar-refractivity contribution in [2.24, 2.45) is 4.99 Å². The number of hydrogen-bond acceptors (Lipinski definition) is 2. The summed E-state index contributed by atoms with van der Waals surface area (Å²) in [7, 11) is 0. The molecule has 2 aliphatic heterocycles. The molecular weight excluding hydrogens is 204 g/mol. The third-order valence-electron chi connectivity index (χ3n) is 1.90. The van der Waals surface area contributed by atoms with E-state index in [1.807, 2.05) is 19.1 Å². The summed E-state index contributed by atoms with van der Waals surface area (Å²) in [6.45, 7) is 2.04. The normalized spacial score (nSPS) is 34.0. The van der Waals surface area contributed by atoms with Crippen LogP contribution in [-0.2, 0) is 0 Å². The van der Waals surface area contributed by atoms with Gasteiger partial charge in [0.05, 0.1) is 0 Å². The van der Waals surface area contributed by atoms with Gasteiger partial charge in [0.1, 0.15) is 11.1 Å². The van der Waals surface area contributed by atoms with Gasteiger partial charge in [0.25, 0.3) is 0 Å². The first-order valence-corrected chi connectivity index (χ1v) is 4.51. The Morgan fingerprint density at radius 1 is 1.55 bits per heavy atom. The minimum atomic E-state index is 0.226. The summed E-state index contributed by atoms with van der Waals surface area (Å²) in [4.78, 5) is 6.91. The molecule has 2 heterocycles. The molecule has 0 aromatic rings. The van der Waals surface area contributed by atoms with Gasteiger partial charge in [-0.1, -0.05) is 22.0 Å². The summed E-state index contributed by atoms with van der Waals surface area (Å²) in [6, 6.07) is 0. The summed E-state index contributed by atoms with van der Waals surface area (Å²) in [5.74, 6) is 0. The predicted octanol–water partition coefficient (Wildman–Crippen LogP) is 1.89. The lowest BCUT2D eigenvalue weighted by Crippen LogP contribution is -2.30. The van der Waals surface area contributed by atoms with Crippen molar-refractivity contribution >= 4 is 21.6 Å². The standard InChI is InChI=1S/C8H9BrN2/c1-6-8(9)11-5-3-2-4-7(11)10-6/h2-5,7-8H,1H3. The number of nitrogens with zero attached hydrogens (tertiary/aromatic N) is 2. The van der Waals surface area contributed by atoms with Crippen molar-refractivity contribution in [1.82, 2.24) is 4.90 Å². The summed E-state index contributed by atoms with van der Waals surface area (Å²) in [6.07, 6.45) is 8.43. The number of rotatable bonds is 0. The van der Waals surface area contributed by atoms with Crippen molar-refractivity contribution in [2.75, 3.05) is 0 Å². The SMILES string of the molecule is CC1=NC2C=CC=CN2C1Br. The van der Waals surface area contributed by atoms with E-state index in [2.05, 4.69) is 38.1 Å². The van der Waals surface area contributed by atoms with Crippen LogP contribution in [0.25, 0.3) is 0 Å². The largest absolute Gasteiger partial charge is 0.335 e. The lowest BCUT2D eigenvalue weighted by molar-refractivity contribution is 0.378. The lowest BCUT2D eigenvalue weighted by Gasteiger charge is -2.24. The molecule has 0 aromatic heterocycles. The summed E-state index contributed by atoms with van der Waals surface area (Å²) < 4.78 is 0. The van der Waals surface area contributed by atoms with Gasteiger partial charge < -0.3 is 4.90 Å². The van der Waals surface area contributed by atoms with Crippen LogP contribution in [-0.4, -0.2) is 21.7 Å². The van der Waals surface area contributed by atoms with Crippen molar-refractivity contribution in [2.45, 2.75) is 18.0 Å². The zero-order valence-electron chi connectivity index (χ0n) is 6.24. The molecule has 58 valence electrons. The molecule has 0 saturated carbocycles. The van der Waals surface area contributed by atoms with E-state index >= 15 is 0 Å². The third-order valence-corrected chi connectivity index (χ3v) is 3.04. The van der Waals surface area contributed by atoms with Crippen LogP contribution in [0.3, 0.4) is 0 Å². The highest BCUT2D eigenvalue weighted by Crippen LogP contribution is 2.25. The molecule has 0 radical (unpaired) electrons. The Bertz CT molecular complexity index is 255. The zero-order chi connectivity index (χ0) is 7.84. The quantitative estimate of drug-likeness (QED) is 0.443. The summed E-state index contributed by atoms with van der Waals surface area (Å²) in [5.41, 5.74) is 1.14. The molecule has 0 saturated heterocycles. The van der Waals surface area contributed by atoms with E-state index in [1.165, 1.54) is 0 Å². The molecule has 2 nitrogen and oxygen atoms in total. The molecule has 0 fully saturated rings. The van der Waals surface area contributed by atoms with Gasteiger partial charge in [-0.2, -0.15) is 0 Å². The van der Waals surface area contributed by atoms with Crippen LogP contribution in [0.1, 0.15) is 6.92 Å². The smallest absolute Gasteiger partial charge is 0.141 e. The molecule has 2 aliphatic rings. The van der Waals surface area contributed by atoms with E-state index in [0.717, 1.165) is 5.71 Å². The highest BCUT2D eigenvalue weighted by Gasteiger charge is 2.28. The highest BCUT2D eigenvalue weighted by atomic mass is 79.9. The van der Waals surface area contributed by atoms with Crippen LogP contribution in [0.4, 0.5) is 0 Å². The Labute approximate surface area is 74.4 Å². The molecule has 0 N–H and O–H groups in total. The molecule has 0 spiro atoms. The average Bonchev–Trinajstić information content (AvgIpc) is 2.30. The topological polar surface area (TPSA) is 15.6 Å². The van der Waals surface area contributed by atoms with Crippen molar-refractivity contribution in [1.29, 1.82) is 0 Å². The maximum absolute atomic E-state index is 4.45. The monoisotopic (exact) mass is 212 g/mol. The lowest BCUT2D eigenvalue weighted by atomic mass is 10.3. The van der Waals surface area contributed by atoms with Crippen molar-refractivity contribution < 1.29 is 0 Å². The average molecular weight is 213 g/mol. The first kappa shape index (κ1) is 7.10. The van der Waals surface area contributed by atoms with E-state index in [9.17, 15) is 0 Å². The van der Waals surface area contributed by atoms with Gasteiger partial charge in [-0.05, 0) is 19.1 Å². The van der Waals surface area contributed by atoms with Crippen molar-refractivity contribution in [3.05, 3.63) is 24.4 Å². The van der Waals surface area contributed by atoms with Gasteiger partial charge in [-0.15, -0.1) is 0 Å². The highest BCUT2D eigenvalue weighted by molar-refractivity contribution is 9.10. The molecule has 0 aliphatic carbocycles. The Balaban J connectivity index is 2.29. The van der Waals surface area contributed by atoms with E-state index in [4.69, 9.17) is 0 Å². The Morgan fingerprint density at radius 3 is 3.09 bits per heavy atom. The van der Waals surface area contributed by atoms with Crippen LogP contribution >= 0.6 is 15.9 Å². The molecule has 2 atom stereocenters. The number of alkyl halides is 1. The maximum atomic E-state index is 4.45. The first-order valence-electron chi connectivity index (χ1n) is 3.60. The van der Waals surface area contributed by atoms with Crippen LogP contribution in [0, 0.1) is 0 Å². The Morgan fingerprint density at radius 2 is 2.36 bits per heavy atom. The minimum absolute atomic E-state index is 0.226. The molecule has 0 aromatic carbocycles. The second-order valence-corrected chi connectivity index (χ2v) is 3.56. The molecular formula is C8H9BrN2. The molecule has 3 heteroatoms. The second-order valence-electron chi connectivity index (χ2n) is 2.69. The molecule has 2 rings (SSSR count). The molecule has 0 amide bonds. The van der Waals surface area contributed by atoms with E-state index in [0.29, 0.717) is 0 Å². The molecule has 11 heavy (non-hydrogen) atoms. The van der Waals surface area contributed by atoms with Crippen LogP contribution < -0.4 is 0 Å². The van der Waals surface area contributed by atoms with Gasteiger partial charge in [-0.25, -0.2) is 0 Å². The Kier molecular flexibility index (Phi) is 1.60. The molecule has 0 bridgehead atoms. The fourth-order valence-corrected chi connectivity index (χ4v) is 1.80. The number of allylic oxidation sites excluding steroid dienone is 2. The van der Waals surface area contributed by atoms with Gasteiger partial charge >= 0.3 is 0 Å². The van der Waals surface area contributed by atoms with E-state index in [1.54, 1.807) is 0 Å². The van der Waals surface area contributed by atoms with Gasteiger partial charge in [0.2, 0.25) is 0 Å². The van der Waals surface area contributed by atoms with Crippen LogP contribution in [0.15, 0.2) is 29.4 Å². The van der Waals surface area contributed by atoms with Gasteiger partial charge in [-0.3, -0.25) is 4.99 Å². The number of halogens is 1. The third kappa shape index (κ3) is 1.03.